The second-order valence-electron chi connectivity index (χ2n) is 6.81. The Morgan fingerprint density at radius 2 is 2.21 bits per heavy atom. The van der Waals surface area contributed by atoms with E-state index in [0.717, 1.165) is 22.6 Å². The van der Waals surface area contributed by atoms with Gasteiger partial charge in [0.1, 0.15) is 4.21 Å². The molecule has 1 unspecified atom stereocenters. The van der Waals surface area contributed by atoms with Gasteiger partial charge in [-0.1, -0.05) is 6.92 Å². The number of nitrogens with zero attached hydrogens (tertiary/aromatic N) is 1. The molecular formula is C15H22N2O5S2. The molecule has 3 rings (SSSR count). The third-order valence-corrected chi connectivity index (χ3v) is 8.38. The zero-order valence-electron chi connectivity index (χ0n) is 13.5. The van der Waals surface area contributed by atoms with E-state index in [0.29, 0.717) is 38.0 Å². The maximum Gasteiger partial charge on any atom is 0.338 e. The van der Waals surface area contributed by atoms with Gasteiger partial charge < -0.3 is 15.5 Å². The molecule has 0 aromatic carbocycles. The summed E-state index contributed by atoms with van der Waals surface area (Å²) in [5, 5.41) is 22.3. The fourth-order valence-corrected chi connectivity index (χ4v) is 7.06. The molecule has 3 N–H and O–H groups in total. The Balaban J connectivity index is 2.04. The predicted octanol–water partition coefficient (Wildman–Crippen LogP) is 0.875. The van der Waals surface area contributed by atoms with Crippen molar-refractivity contribution in [2.24, 2.45) is 5.41 Å². The van der Waals surface area contributed by atoms with Crippen molar-refractivity contribution in [1.82, 2.24) is 9.62 Å². The van der Waals surface area contributed by atoms with Crippen LogP contribution < -0.4 is 5.32 Å². The van der Waals surface area contributed by atoms with Crippen LogP contribution in [0.1, 0.15) is 40.6 Å². The molecule has 0 radical (unpaired) electrons. The maximum absolute atomic E-state index is 13.1. The molecule has 1 saturated heterocycles. The summed E-state index contributed by atoms with van der Waals surface area (Å²) in [4.78, 5) is 12.5. The Hall–Kier alpha value is -1.00. The molecule has 24 heavy (non-hydrogen) atoms. The average Bonchev–Trinajstić information content (AvgIpc) is 2.95. The van der Waals surface area contributed by atoms with E-state index in [4.69, 9.17) is 0 Å². The van der Waals surface area contributed by atoms with E-state index in [-0.39, 0.29) is 22.9 Å². The summed E-state index contributed by atoms with van der Waals surface area (Å²) in [5.74, 6) is -1.19. The number of nitrogens with one attached hydrogen (secondary N) is 1. The lowest BCUT2D eigenvalue weighted by atomic mass is 9.84. The van der Waals surface area contributed by atoms with Gasteiger partial charge in [-0.2, -0.15) is 4.31 Å². The van der Waals surface area contributed by atoms with E-state index in [9.17, 15) is 23.4 Å². The summed E-state index contributed by atoms with van der Waals surface area (Å²) < 4.78 is 27.5. The van der Waals surface area contributed by atoms with E-state index >= 15 is 0 Å². The van der Waals surface area contributed by atoms with Crippen LogP contribution in [-0.4, -0.2) is 55.1 Å². The molecule has 0 amide bonds. The smallest absolute Gasteiger partial charge is 0.338 e. The Morgan fingerprint density at radius 3 is 2.88 bits per heavy atom. The first-order chi connectivity index (χ1) is 11.3. The first kappa shape index (κ1) is 17.8. The lowest BCUT2D eigenvalue weighted by Crippen LogP contribution is -2.46. The zero-order chi connectivity index (χ0) is 17.5. The van der Waals surface area contributed by atoms with Gasteiger partial charge in [-0.25, -0.2) is 13.2 Å². The fraction of sp³-hybridized carbons (Fsp3) is 0.667. The van der Waals surface area contributed by atoms with Gasteiger partial charge in [0.2, 0.25) is 0 Å². The van der Waals surface area contributed by atoms with Crippen LogP contribution in [0.5, 0.6) is 0 Å². The fourth-order valence-electron chi connectivity index (χ4n) is 3.43. The highest BCUT2D eigenvalue weighted by Crippen LogP contribution is 2.38. The number of carboxylic acid groups (broad SMARTS) is 1. The van der Waals surface area contributed by atoms with Crippen molar-refractivity contribution in [3.8, 4) is 0 Å². The van der Waals surface area contributed by atoms with E-state index < -0.39 is 21.4 Å². The van der Waals surface area contributed by atoms with Gasteiger partial charge in [0.05, 0.1) is 5.56 Å². The second-order valence-corrected chi connectivity index (χ2v) is 10.0. The Labute approximate surface area is 145 Å². The molecule has 7 nitrogen and oxygen atoms in total. The van der Waals surface area contributed by atoms with Gasteiger partial charge in [-0.3, -0.25) is 0 Å². The Morgan fingerprint density at radius 1 is 1.46 bits per heavy atom. The standard InChI is InChI=1S/C15H22N2O5S2/c1-15(9-18)4-2-6-17(8-15)24(21,22)14-12(13(19)20)10-3-5-16-7-11(10)23-14/h16,18H,2-9H2,1H3,(H,19,20). The van der Waals surface area contributed by atoms with Gasteiger partial charge in [-0.15, -0.1) is 11.3 Å². The number of carboxylic acids is 1. The average molecular weight is 374 g/mol. The highest BCUT2D eigenvalue weighted by molar-refractivity contribution is 7.91. The maximum atomic E-state index is 13.1. The van der Waals surface area contributed by atoms with Crippen LogP contribution >= 0.6 is 11.3 Å². The van der Waals surface area contributed by atoms with Crippen LogP contribution in [0, 0.1) is 5.41 Å². The quantitative estimate of drug-likeness (QED) is 0.722. The van der Waals surface area contributed by atoms with E-state index in [1.807, 2.05) is 6.92 Å². The van der Waals surface area contributed by atoms with Crippen molar-refractivity contribution >= 4 is 27.3 Å². The number of fused-ring (bicyclic) bond motifs is 1. The monoisotopic (exact) mass is 374 g/mol. The Kier molecular flexibility index (Phi) is 4.73. The molecule has 0 saturated carbocycles. The molecule has 1 atom stereocenters. The summed E-state index contributed by atoms with van der Waals surface area (Å²) >= 11 is 1.06. The molecule has 3 heterocycles. The molecule has 0 aliphatic carbocycles. The molecule has 1 aromatic heterocycles. The molecular weight excluding hydrogens is 352 g/mol. The van der Waals surface area contributed by atoms with Crippen LogP contribution in [-0.2, 0) is 23.0 Å². The number of piperidine rings is 1. The topological polar surface area (TPSA) is 107 Å². The van der Waals surface area contributed by atoms with E-state index in [1.54, 1.807) is 0 Å². The minimum Gasteiger partial charge on any atom is -0.478 e. The highest BCUT2D eigenvalue weighted by atomic mass is 32.2. The lowest BCUT2D eigenvalue weighted by molar-refractivity contribution is 0.0690. The molecule has 1 aromatic rings. The Bertz CT molecular complexity index is 758. The third kappa shape index (κ3) is 2.99. The molecule has 9 heteroatoms. The number of rotatable bonds is 4. The largest absolute Gasteiger partial charge is 0.478 e. The molecule has 0 spiro atoms. The summed E-state index contributed by atoms with van der Waals surface area (Å²) in [6.45, 7) is 3.50. The number of thiophene rings is 1. The summed E-state index contributed by atoms with van der Waals surface area (Å²) in [6, 6.07) is 0. The molecule has 2 aliphatic heterocycles. The number of sulfonamides is 1. The van der Waals surface area contributed by atoms with Crippen LogP contribution in [0.25, 0.3) is 0 Å². The molecule has 2 aliphatic rings. The first-order valence-corrected chi connectivity index (χ1v) is 10.2. The predicted molar refractivity (Wildman–Crippen MR) is 89.9 cm³/mol. The van der Waals surface area contributed by atoms with Crippen LogP contribution in [0.15, 0.2) is 4.21 Å². The number of aliphatic hydroxyl groups is 1. The minimum atomic E-state index is -3.88. The molecule has 134 valence electrons. The highest BCUT2D eigenvalue weighted by Gasteiger charge is 2.40. The number of hydrogen-bond donors (Lipinski definition) is 3. The number of hydrogen-bond acceptors (Lipinski definition) is 6. The summed E-state index contributed by atoms with van der Waals surface area (Å²) in [7, 11) is -3.88. The molecule has 1 fully saturated rings. The van der Waals surface area contributed by atoms with Crippen molar-refractivity contribution in [3.05, 3.63) is 16.0 Å². The number of aliphatic hydroxyl groups excluding tert-OH is 1. The van der Waals surface area contributed by atoms with Crippen LogP contribution in [0.2, 0.25) is 0 Å². The van der Waals surface area contributed by atoms with E-state index in [1.165, 1.54) is 4.31 Å². The van der Waals surface area contributed by atoms with Gasteiger partial charge in [-0.05, 0) is 31.4 Å². The van der Waals surface area contributed by atoms with Crippen molar-refractivity contribution in [3.63, 3.8) is 0 Å². The second kappa shape index (κ2) is 6.38. The summed E-state index contributed by atoms with van der Waals surface area (Å²) in [6.07, 6.45) is 1.94. The number of aromatic carboxylic acids is 1. The van der Waals surface area contributed by atoms with Gasteiger partial charge >= 0.3 is 5.97 Å². The first-order valence-electron chi connectivity index (χ1n) is 7.98. The lowest BCUT2D eigenvalue weighted by Gasteiger charge is -2.38. The van der Waals surface area contributed by atoms with Gasteiger partial charge in [0, 0.05) is 36.5 Å². The van der Waals surface area contributed by atoms with Gasteiger partial charge in [0.25, 0.3) is 10.0 Å². The normalized spacial score (nSPS) is 25.4. The van der Waals surface area contributed by atoms with E-state index in [2.05, 4.69) is 5.32 Å². The third-order valence-electron chi connectivity index (χ3n) is 4.81. The molecule has 0 bridgehead atoms. The van der Waals surface area contributed by atoms with Crippen molar-refractivity contribution in [2.75, 3.05) is 26.2 Å². The SMILES string of the molecule is CC1(CO)CCCN(S(=O)(=O)c2sc3c(c2C(=O)O)CCNC3)C1. The van der Waals surface area contributed by atoms with Crippen molar-refractivity contribution in [2.45, 2.75) is 36.9 Å². The minimum absolute atomic E-state index is 0.0622. The van der Waals surface area contributed by atoms with Crippen molar-refractivity contribution in [1.29, 1.82) is 0 Å². The van der Waals surface area contributed by atoms with Crippen molar-refractivity contribution < 1.29 is 23.4 Å². The summed E-state index contributed by atoms with van der Waals surface area (Å²) in [5.41, 5.74) is 0.104. The number of carbonyl (C=O) groups is 1. The van der Waals surface area contributed by atoms with Crippen LogP contribution in [0.4, 0.5) is 0 Å². The van der Waals surface area contributed by atoms with Crippen LogP contribution in [0.3, 0.4) is 0 Å². The zero-order valence-corrected chi connectivity index (χ0v) is 15.2. The van der Waals surface area contributed by atoms with Gasteiger partial charge in [0.15, 0.2) is 0 Å².